The van der Waals surface area contributed by atoms with Gasteiger partial charge in [-0.3, -0.25) is 0 Å². The van der Waals surface area contributed by atoms with E-state index in [0.29, 0.717) is 37.0 Å². The molecule has 2 aromatic rings. The number of nitrogens with zero attached hydrogens (tertiary/aromatic N) is 4. The molecule has 1 aromatic carbocycles. The van der Waals surface area contributed by atoms with E-state index in [0.717, 1.165) is 29.9 Å². The molecule has 156 valence electrons. The molecule has 4 rings (SSSR count). The first-order valence-electron chi connectivity index (χ1n) is 10.0. The van der Waals surface area contributed by atoms with E-state index in [4.69, 9.17) is 9.72 Å². The van der Waals surface area contributed by atoms with Crippen LogP contribution in [0.3, 0.4) is 0 Å². The summed E-state index contributed by atoms with van der Waals surface area (Å²) < 4.78 is 33.3. The first-order valence-corrected chi connectivity index (χ1v) is 11.5. The third-order valence-electron chi connectivity index (χ3n) is 5.55. The zero-order valence-corrected chi connectivity index (χ0v) is 18.1. The lowest BCUT2D eigenvalue weighted by atomic mass is 9.87. The summed E-state index contributed by atoms with van der Waals surface area (Å²) >= 11 is 0. The van der Waals surface area contributed by atoms with Gasteiger partial charge in [0.2, 0.25) is 16.0 Å². The van der Waals surface area contributed by atoms with Crippen molar-refractivity contribution < 1.29 is 13.2 Å². The van der Waals surface area contributed by atoms with Crippen LogP contribution in [-0.4, -0.2) is 55.5 Å². The molecule has 8 heteroatoms. The molecule has 29 heavy (non-hydrogen) atoms. The highest BCUT2D eigenvalue weighted by Gasteiger charge is 2.30. The Labute approximate surface area is 172 Å². The molecule has 0 amide bonds. The van der Waals surface area contributed by atoms with E-state index in [2.05, 4.69) is 30.7 Å². The largest absolute Gasteiger partial charge is 0.378 e. The topological polar surface area (TPSA) is 75.6 Å². The molecule has 1 saturated heterocycles. The molecule has 0 saturated carbocycles. The van der Waals surface area contributed by atoms with Crippen LogP contribution in [0.2, 0.25) is 0 Å². The molecule has 7 nitrogen and oxygen atoms in total. The number of sulfonamides is 1. The number of rotatable bonds is 3. The molecule has 0 unspecified atom stereocenters. The van der Waals surface area contributed by atoms with Crippen molar-refractivity contribution >= 4 is 16.0 Å². The summed E-state index contributed by atoms with van der Waals surface area (Å²) in [5, 5.41) is 0. The number of fused-ring (bicyclic) bond motifs is 1. The smallest absolute Gasteiger partial charge is 0.243 e. The maximum Gasteiger partial charge on any atom is 0.243 e. The monoisotopic (exact) mass is 416 g/mol. The second-order valence-electron chi connectivity index (χ2n) is 8.60. The second-order valence-corrected chi connectivity index (χ2v) is 10.5. The van der Waals surface area contributed by atoms with Gasteiger partial charge < -0.3 is 9.64 Å². The van der Waals surface area contributed by atoms with Crippen LogP contribution >= 0.6 is 0 Å². The Hall–Kier alpha value is -2.03. The summed E-state index contributed by atoms with van der Waals surface area (Å²) in [4.78, 5) is 11.6. The fraction of sp³-hybridized carbons (Fsp3) is 0.524. The van der Waals surface area contributed by atoms with Crippen LogP contribution in [0.1, 0.15) is 37.6 Å². The summed E-state index contributed by atoms with van der Waals surface area (Å²) in [6.45, 7) is 9.88. The van der Waals surface area contributed by atoms with Crippen LogP contribution in [0, 0.1) is 0 Å². The minimum atomic E-state index is -3.57. The van der Waals surface area contributed by atoms with Crippen LogP contribution in [0.5, 0.6) is 0 Å². The zero-order valence-electron chi connectivity index (χ0n) is 17.3. The van der Waals surface area contributed by atoms with Gasteiger partial charge in [0, 0.05) is 25.8 Å². The molecule has 1 aromatic heterocycles. The van der Waals surface area contributed by atoms with Crippen molar-refractivity contribution in [2.75, 3.05) is 37.7 Å². The lowest BCUT2D eigenvalue weighted by molar-refractivity contribution is 0.122. The average molecular weight is 417 g/mol. The molecule has 0 radical (unpaired) electrons. The van der Waals surface area contributed by atoms with E-state index >= 15 is 0 Å². The Kier molecular flexibility index (Phi) is 5.35. The molecule has 3 heterocycles. The summed E-state index contributed by atoms with van der Waals surface area (Å²) in [5.74, 6) is 0.654. The van der Waals surface area contributed by atoms with Crippen LogP contribution < -0.4 is 4.90 Å². The molecular formula is C21H28N4O3S. The van der Waals surface area contributed by atoms with Crippen LogP contribution in [0.25, 0.3) is 0 Å². The lowest BCUT2D eigenvalue weighted by Crippen LogP contribution is -2.39. The summed E-state index contributed by atoms with van der Waals surface area (Å²) in [5.41, 5.74) is 2.92. The van der Waals surface area contributed by atoms with Crippen molar-refractivity contribution in [3.05, 3.63) is 47.3 Å². The van der Waals surface area contributed by atoms with E-state index in [1.54, 1.807) is 12.1 Å². The van der Waals surface area contributed by atoms with E-state index in [1.165, 1.54) is 4.31 Å². The normalized spacial score (nSPS) is 18.5. The third-order valence-corrected chi connectivity index (χ3v) is 7.41. The number of morpholine rings is 1. The van der Waals surface area contributed by atoms with Crippen molar-refractivity contribution in [3.63, 3.8) is 0 Å². The van der Waals surface area contributed by atoms with Gasteiger partial charge in [0.25, 0.3) is 0 Å². The predicted octanol–water partition coefficient (Wildman–Crippen LogP) is 2.36. The fourth-order valence-electron chi connectivity index (χ4n) is 3.67. The standard InChI is InChI=1S/C21H28N4O3S/c1-21(2,3)17-4-6-18(7-5-17)29(26,27)25-9-8-16-14-22-20(23-19(16)15-25)24-10-12-28-13-11-24/h4-7,14H,8-13,15H2,1-3H3. The van der Waals surface area contributed by atoms with Crippen molar-refractivity contribution in [1.82, 2.24) is 14.3 Å². The zero-order chi connectivity index (χ0) is 20.6. The van der Waals surface area contributed by atoms with Crippen LogP contribution in [0.4, 0.5) is 5.95 Å². The highest BCUT2D eigenvalue weighted by atomic mass is 32.2. The van der Waals surface area contributed by atoms with E-state index in [-0.39, 0.29) is 12.0 Å². The van der Waals surface area contributed by atoms with Gasteiger partial charge in [-0.15, -0.1) is 0 Å². The maximum absolute atomic E-state index is 13.2. The Bertz CT molecular complexity index is 978. The van der Waals surface area contributed by atoms with Gasteiger partial charge in [-0.25, -0.2) is 18.4 Å². The number of hydrogen-bond donors (Lipinski definition) is 0. The average Bonchev–Trinajstić information content (AvgIpc) is 2.73. The molecule has 2 aliphatic heterocycles. The summed E-state index contributed by atoms with van der Waals surface area (Å²) in [7, 11) is -3.57. The summed E-state index contributed by atoms with van der Waals surface area (Å²) in [6, 6.07) is 7.24. The van der Waals surface area contributed by atoms with Crippen LogP contribution in [-0.2, 0) is 33.1 Å². The van der Waals surface area contributed by atoms with Crippen molar-refractivity contribution in [2.45, 2.75) is 44.0 Å². The van der Waals surface area contributed by atoms with Gasteiger partial charge in [0.1, 0.15) is 0 Å². The Balaban J connectivity index is 1.56. The second kappa shape index (κ2) is 7.66. The number of aromatic nitrogens is 2. The van der Waals surface area contributed by atoms with E-state index in [9.17, 15) is 8.42 Å². The SMILES string of the molecule is CC(C)(C)c1ccc(S(=O)(=O)N2CCc3cnc(N4CCOCC4)nc3C2)cc1. The third kappa shape index (κ3) is 4.15. The number of benzene rings is 1. The number of anilines is 1. The molecule has 0 aliphatic carbocycles. The fourth-order valence-corrected chi connectivity index (χ4v) is 5.07. The molecular weight excluding hydrogens is 388 g/mol. The van der Waals surface area contributed by atoms with Gasteiger partial charge in [-0.1, -0.05) is 32.9 Å². The lowest BCUT2D eigenvalue weighted by Gasteiger charge is -2.30. The van der Waals surface area contributed by atoms with Gasteiger partial charge in [-0.2, -0.15) is 4.31 Å². The molecule has 0 bridgehead atoms. The maximum atomic E-state index is 13.2. The van der Waals surface area contributed by atoms with Crippen molar-refractivity contribution in [1.29, 1.82) is 0 Å². The Morgan fingerprint density at radius 3 is 2.38 bits per heavy atom. The van der Waals surface area contributed by atoms with E-state index in [1.807, 2.05) is 18.3 Å². The van der Waals surface area contributed by atoms with Gasteiger partial charge in [0.05, 0.1) is 30.3 Å². The van der Waals surface area contributed by atoms with Crippen LogP contribution in [0.15, 0.2) is 35.4 Å². The van der Waals surface area contributed by atoms with Crippen molar-refractivity contribution in [2.24, 2.45) is 0 Å². The molecule has 1 fully saturated rings. The first-order chi connectivity index (χ1) is 13.7. The highest BCUT2D eigenvalue weighted by molar-refractivity contribution is 7.89. The molecule has 2 aliphatic rings. The van der Waals surface area contributed by atoms with E-state index < -0.39 is 10.0 Å². The Morgan fingerprint density at radius 2 is 1.72 bits per heavy atom. The number of hydrogen-bond acceptors (Lipinski definition) is 6. The summed E-state index contributed by atoms with van der Waals surface area (Å²) in [6.07, 6.45) is 2.47. The quantitative estimate of drug-likeness (QED) is 0.765. The Morgan fingerprint density at radius 1 is 1.03 bits per heavy atom. The minimum Gasteiger partial charge on any atom is -0.378 e. The van der Waals surface area contributed by atoms with Gasteiger partial charge in [0.15, 0.2) is 0 Å². The predicted molar refractivity (Wildman–Crippen MR) is 112 cm³/mol. The number of ether oxygens (including phenoxy) is 1. The highest BCUT2D eigenvalue weighted by Crippen LogP contribution is 2.27. The van der Waals surface area contributed by atoms with Gasteiger partial charge >= 0.3 is 0 Å². The van der Waals surface area contributed by atoms with Crippen molar-refractivity contribution in [3.8, 4) is 0 Å². The van der Waals surface area contributed by atoms with Gasteiger partial charge in [-0.05, 0) is 35.1 Å². The molecule has 0 atom stereocenters. The minimum absolute atomic E-state index is 0.0147. The molecule has 0 N–H and O–H groups in total. The first kappa shape index (κ1) is 20.3. The molecule has 0 spiro atoms.